The van der Waals surface area contributed by atoms with E-state index >= 15 is 0 Å². The number of benzene rings is 1. The van der Waals surface area contributed by atoms with E-state index in [2.05, 4.69) is 20.9 Å². The minimum absolute atomic E-state index is 0.430. The molecule has 0 bridgehead atoms. The van der Waals surface area contributed by atoms with Crippen LogP contribution in [0.5, 0.6) is 0 Å². The first-order chi connectivity index (χ1) is 10.1. The standard InChI is InChI=1S/C16H13BrN2O2/c1-10-7-12(17)8-13-14(10)19(16(21)15(13)20)6-4-11-3-2-5-18-9-11/h2-3,5,7-9H,4,6H2,1H3. The molecule has 0 radical (unpaired) electrons. The number of nitrogens with zero attached hydrogens (tertiary/aromatic N) is 2. The number of rotatable bonds is 3. The Morgan fingerprint density at radius 3 is 2.81 bits per heavy atom. The third-order valence-corrected chi connectivity index (χ3v) is 4.02. The molecule has 1 aliphatic rings. The van der Waals surface area contributed by atoms with Crippen molar-refractivity contribution < 1.29 is 9.59 Å². The second-order valence-electron chi connectivity index (χ2n) is 5.02. The van der Waals surface area contributed by atoms with Crippen molar-refractivity contribution in [2.75, 3.05) is 11.4 Å². The number of anilines is 1. The first-order valence-corrected chi connectivity index (χ1v) is 7.42. The molecule has 1 aromatic carbocycles. The highest BCUT2D eigenvalue weighted by Crippen LogP contribution is 2.34. The van der Waals surface area contributed by atoms with Gasteiger partial charge in [-0.05, 0) is 42.7 Å². The summed E-state index contributed by atoms with van der Waals surface area (Å²) in [5, 5.41) is 0. The molecule has 0 aliphatic carbocycles. The first-order valence-electron chi connectivity index (χ1n) is 6.63. The van der Waals surface area contributed by atoms with Crippen molar-refractivity contribution in [3.05, 3.63) is 57.8 Å². The number of ketones is 1. The molecule has 1 aliphatic heterocycles. The Balaban J connectivity index is 1.91. The maximum atomic E-state index is 12.2. The SMILES string of the molecule is Cc1cc(Br)cc2c1N(CCc1cccnc1)C(=O)C2=O. The fraction of sp³-hybridized carbons (Fsp3) is 0.188. The van der Waals surface area contributed by atoms with Crippen molar-refractivity contribution in [1.29, 1.82) is 0 Å². The summed E-state index contributed by atoms with van der Waals surface area (Å²) in [6.45, 7) is 2.39. The van der Waals surface area contributed by atoms with E-state index in [9.17, 15) is 9.59 Å². The van der Waals surface area contributed by atoms with Gasteiger partial charge in [-0.15, -0.1) is 0 Å². The van der Waals surface area contributed by atoms with E-state index in [1.165, 1.54) is 0 Å². The predicted molar refractivity (Wildman–Crippen MR) is 83.5 cm³/mol. The smallest absolute Gasteiger partial charge is 0.299 e. The molecule has 3 rings (SSSR count). The van der Waals surface area contributed by atoms with Crippen LogP contribution < -0.4 is 4.90 Å². The van der Waals surface area contributed by atoms with Crippen LogP contribution in [0.3, 0.4) is 0 Å². The lowest BCUT2D eigenvalue weighted by molar-refractivity contribution is -0.114. The van der Waals surface area contributed by atoms with E-state index in [4.69, 9.17) is 0 Å². The molecule has 21 heavy (non-hydrogen) atoms. The van der Waals surface area contributed by atoms with Crippen molar-refractivity contribution in [3.63, 3.8) is 0 Å². The van der Waals surface area contributed by atoms with Gasteiger partial charge in [0.1, 0.15) is 0 Å². The zero-order chi connectivity index (χ0) is 15.0. The molecule has 0 saturated carbocycles. The van der Waals surface area contributed by atoms with E-state index in [0.717, 1.165) is 21.3 Å². The van der Waals surface area contributed by atoms with Gasteiger partial charge in [0.05, 0.1) is 11.3 Å². The zero-order valence-electron chi connectivity index (χ0n) is 11.5. The quantitative estimate of drug-likeness (QED) is 0.804. The van der Waals surface area contributed by atoms with Gasteiger partial charge in [0.25, 0.3) is 11.7 Å². The highest BCUT2D eigenvalue weighted by Gasteiger charge is 2.36. The summed E-state index contributed by atoms with van der Waals surface area (Å²) in [7, 11) is 0. The molecule has 0 N–H and O–H groups in total. The largest absolute Gasteiger partial charge is 0.304 e. The lowest BCUT2D eigenvalue weighted by Gasteiger charge is -2.18. The number of pyridine rings is 1. The molecular formula is C16H13BrN2O2. The second-order valence-corrected chi connectivity index (χ2v) is 5.93. The summed E-state index contributed by atoms with van der Waals surface area (Å²) >= 11 is 3.37. The Labute approximate surface area is 130 Å². The van der Waals surface area contributed by atoms with E-state index in [-0.39, 0.29) is 0 Å². The van der Waals surface area contributed by atoms with Crippen molar-refractivity contribution in [1.82, 2.24) is 4.98 Å². The predicted octanol–water partition coefficient (Wildman–Crippen LogP) is 2.92. The molecule has 1 amide bonds. The van der Waals surface area contributed by atoms with Crippen molar-refractivity contribution >= 4 is 33.3 Å². The Morgan fingerprint density at radius 2 is 2.10 bits per heavy atom. The van der Waals surface area contributed by atoms with Crippen molar-refractivity contribution in [2.24, 2.45) is 0 Å². The lowest BCUT2D eigenvalue weighted by Crippen LogP contribution is -2.32. The number of aryl methyl sites for hydroxylation is 1. The van der Waals surface area contributed by atoms with Gasteiger partial charge in [-0.1, -0.05) is 22.0 Å². The maximum Gasteiger partial charge on any atom is 0.299 e. The fourth-order valence-electron chi connectivity index (χ4n) is 2.61. The summed E-state index contributed by atoms with van der Waals surface area (Å²) in [4.78, 5) is 29.9. The van der Waals surface area contributed by atoms with Crippen LogP contribution in [0.1, 0.15) is 21.5 Å². The molecule has 0 spiro atoms. The van der Waals surface area contributed by atoms with Crippen LogP contribution in [0, 0.1) is 6.92 Å². The Kier molecular flexibility index (Phi) is 3.59. The van der Waals surface area contributed by atoms with Gasteiger partial charge in [-0.3, -0.25) is 14.6 Å². The summed E-state index contributed by atoms with van der Waals surface area (Å²) < 4.78 is 0.814. The van der Waals surface area contributed by atoms with Gasteiger partial charge in [-0.2, -0.15) is 0 Å². The summed E-state index contributed by atoms with van der Waals surface area (Å²) in [6.07, 6.45) is 4.16. The number of Topliss-reactive ketones (excluding diaryl/α,β-unsaturated/α-hetero) is 1. The number of amides is 1. The number of aromatic nitrogens is 1. The zero-order valence-corrected chi connectivity index (χ0v) is 13.1. The van der Waals surface area contributed by atoms with Gasteiger partial charge in [0.2, 0.25) is 0 Å². The third kappa shape index (κ3) is 2.49. The second kappa shape index (κ2) is 5.41. The Morgan fingerprint density at radius 1 is 1.29 bits per heavy atom. The molecule has 0 unspecified atom stereocenters. The van der Waals surface area contributed by atoms with Crippen LogP contribution in [0.15, 0.2) is 41.1 Å². The highest BCUT2D eigenvalue weighted by molar-refractivity contribution is 9.10. The normalized spacial score (nSPS) is 13.7. The van der Waals surface area contributed by atoms with Gasteiger partial charge >= 0.3 is 0 Å². The topological polar surface area (TPSA) is 50.3 Å². The average Bonchev–Trinajstić information content (AvgIpc) is 2.71. The lowest BCUT2D eigenvalue weighted by atomic mass is 10.1. The molecule has 106 valence electrons. The molecule has 1 aromatic heterocycles. The van der Waals surface area contributed by atoms with Crippen molar-refractivity contribution in [2.45, 2.75) is 13.3 Å². The number of carbonyl (C=O) groups is 2. The van der Waals surface area contributed by atoms with Gasteiger partial charge < -0.3 is 4.90 Å². The van der Waals surface area contributed by atoms with Crippen LogP contribution >= 0.6 is 15.9 Å². The Hall–Kier alpha value is -2.01. The van der Waals surface area contributed by atoms with Crippen LogP contribution in [0.25, 0.3) is 0 Å². The summed E-state index contributed by atoms with van der Waals surface area (Å²) in [5.74, 6) is -0.879. The number of hydrogen-bond donors (Lipinski definition) is 0. The maximum absolute atomic E-state index is 12.2. The number of carbonyl (C=O) groups excluding carboxylic acids is 2. The van der Waals surface area contributed by atoms with Gasteiger partial charge in [-0.25, -0.2) is 0 Å². The third-order valence-electron chi connectivity index (χ3n) is 3.57. The molecule has 0 fully saturated rings. The summed E-state index contributed by atoms with van der Waals surface area (Å²) in [5.41, 5.74) is 3.18. The molecule has 2 heterocycles. The van der Waals surface area contributed by atoms with Crippen LogP contribution in [-0.2, 0) is 11.2 Å². The van der Waals surface area contributed by atoms with Crippen LogP contribution in [-0.4, -0.2) is 23.2 Å². The first kappa shape index (κ1) is 13.9. The van der Waals surface area contributed by atoms with E-state index < -0.39 is 11.7 Å². The van der Waals surface area contributed by atoms with E-state index in [1.54, 1.807) is 23.4 Å². The minimum atomic E-state index is -0.449. The van der Waals surface area contributed by atoms with Gasteiger partial charge in [0.15, 0.2) is 0 Å². The summed E-state index contributed by atoms with van der Waals surface area (Å²) in [6, 6.07) is 7.46. The number of halogens is 1. The Bertz CT molecular complexity index is 729. The van der Waals surface area contributed by atoms with Crippen molar-refractivity contribution in [3.8, 4) is 0 Å². The molecular weight excluding hydrogens is 332 g/mol. The molecule has 0 atom stereocenters. The monoisotopic (exact) mass is 344 g/mol. The number of hydrogen-bond acceptors (Lipinski definition) is 3. The number of fused-ring (bicyclic) bond motifs is 1. The fourth-order valence-corrected chi connectivity index (χ4v) is 3.18. The average molecular weight is 345 g/mol. The molecule has 5 heteroatoms. The minimum Gasteiger partial charge on any atom is -0.304 e. The van der Waals surface area contributed by atoms with Crippen LogP contribution in [0.2, 0.25) is 0 Å². The van der Waals surface area contributed by atoms with E-state index in [0.29, 0.717) is 18.5 Å². The van der Waals surface area contributed by atoms with E-state index in [1.807, 2.05) is 25.1 Å². The van der Waals surface area contributed by atoms with Crippen LogP contribution in [0.4, 0.5) is 5.69 Å². The highest BCUT2D eigenvalue weighted by atomic mass is 79.9. The molecule has 4 nitrogen and oxygen atoms in total. The van der Waals surface area contributed by atoms with Gasteiger partial charge in [0, 0.05) is 23.4 Å². The molecule has 0 saturated heterocycles. The molecule has 2 aromatic rings.